The van der Waals surface area contributed by atoms with Crippen molar-refractivity contribution in [1.29, 1.82) is 0 Å². The maximum atomic E-state index is 6.01. The summed E-state index contributed by atoms with van der Waals surface area (Å²) in [7, 11) is 0. The highest BCUT2D eigenvalue weighted by molar-refractivity contribution is 7.07. The van der Waals surface area contributed by atoms with Gasteiger partial charge in [0.15, 0.2) is 12.5 Å². The number of aromatic nitrogens is 1. The molecule has 2 heterocycles. The first-order chi connectivity index (χ1) is 16.9. The second-order valence-electron chi connectivity index (χ2n) is 10.2. The number of hydrogen-bond donors (Lipinski definition) is 0. The molecule has 1 aliphatic heterocycles. The van der Waals surface area contributed by atoms with E-state index < -0.39 is 0 Å². The quantitative estimate of drug-likeness (QED) is 0.107. The van der Waals surface area contributed by atoms with Gasteiger partial charge >= 0.3 is 0 Å². The zero-order valence-electron chi connectivity index (χ0n) is 22.2. The Bertz CT molecular complexity index is 539. The van der Waals surface area contributed by atoms with Crippen molar-refractivity contribution in [2.75, 3.05) is 19.8 Å². The van der Waals surface area contributed by atoms with Crippen molar-refractivity contribution >= 4 is 11.3 Å². The van der Waals surface area contributed by atoms with Crippen LogP contribution < -0.4 is 4.57 Å². The lowest BCUT2D eigenvalue weighted by Gasteiger charge is -2.12. The molecule has 2 rings (SSSR count). The first kappa shape index (κ1) is 29.7. The van der Waals surface area contributed by atoms with E-state index in [1.807, 2.05) is 0 Å². The highest BCUT2D eigenvalue weighted by Gasteiger charge is 2.25. The zero-order chi connectivity index (χ0) is 23.9. The van der Waals surface area contributed by atoms with E-state index in [4.69, 9.17) is 14.2 Å². The number of aryl methyl sites for hydroxylation is 1. The molecule has 1 aromatic heterocycles. The van der Waals surface area contributed by atoms with Crippen LogP contribution in [-0.2, 0) is 20.8 Å². The van der Waals surface area contributed by atoms with Crippen LogP contribution in [0.15, 0.2) is 17.1 Å². The highest BCUT2D eigenvalue weighted by Crippen LogP contribution is 2.19. The van der Waals surface area contributed by atoms with Gasteiger partial charge in [-0.15, -0.1) is 0 Å². The standard InChI is InChI=1S/C29H54NO3S/c1-2-3-4-5-6-7-8-9-10-11-12-13-14-15-17-20-29-32-26-28(33-29)25-31-23-19-16-18-21-30-22-24-34-27-30/h22,24,27-29H,2-21,23,25-26H2,1H3/q+1/t28-,29-/m0/s1. The van der Waals surface area contributed by atoms with Gasteiger partial charge in [0.25, 0.3) is 0 Å². The third-order valence-electron chi connectivity index (χ3n) is 6.89. The van der Waals surface area contributed by atoms with Crippen molar-refractivity contribution in [2.45, 2.75) is 148 Å². The topological polar surface area (TPSA) is 31.6 Å². The maximum Gasteiger partial charge on any atom is 0.224 e. The van der Waals surface area contributed by atoms with E-state index >= 15 is 0 Å². The number of thiazole rings is 1. The lowest BCUT2D eigenvalue weighted by Crippen LogP contribution is -2.29. The Balaban J connectivity index is 1.26. The van der Waals surface area contributed by atoms with Gasteiger partial charge in [0.05, 0.1) is 18.6 Å². The van der Waals surface area contributed by atoms with Gasteiger partial charge in [-0.25, -0.2) is 0 Å². The molecule has 1 fully saturated rings. The van der Waals surface area contributed by atoms with Crippen LogP contribution in [0.3, 0.4) is 0 Å². The molecule has 0 amide bonds. The summed E-state index contributed by atoms with van der Waals surface area (Å²) in [5.41, 5.74) is 2.17. The molecule has 2 atom stereocenters. The lowest BCUT2D eigenvalue weighted by atomic mass is 10.0. The normalized spacial score (nSPS) is 18.1. The Hall–Kier alpha value is -0.490. The molecule has 0 saturated carbocycles. The summed E-state index contributed by atoms with van der Waals surface area (Å²) in [5, 5.41) is 2.13. The van der Waals surface area contributed by atoms with Gasteiger partial charge in [-0.3, -0.25) is 0 Å². The van der Waals surface area contributed by atoms with Gasteiger partial charge in [-0.1, -0.05) is 108 Å². The minimum Gasteiger partial charge on any atom is -0.379 e. The molecule has 0 unspecified atom stereocenters. The van der Waals surface area contributed by atoms with Crippen LogP contribution in [0.5, 0.6) is 0 Å². The molecular formula is C29H54NO3S+. The van der Waals surface area contributed by atoms with E-state index in [1.165, 1.54) is 109 Å². The second kappa shape index (κ2) is 21.8. The van der Waals surface area contributed by atoms with Crippen LogP contribution in [0.1, 0.15) is 129 Å². The van der Waals surface area contributed by atoms with Crippen LogP contribution >= 0.6 is 11.3 Å². The third-order valence-corrected chi connectivity index (χ3v) is 7.56. The number of nitrogens with zero attached hydrogens (tertiary/aromatic N) is 1. The van der Waals surface area contributed by atoms with Crippen molar-refractivity contribution in [3.63, 3.8) is 0 Å². The zero-order valence-corrected chi connectivity index (χ0v) is 23.0. The molecule has 0 aliphatic carbocycles. The van der Waals surface area contributed by atoms with E-state index in [0.29, 0.717) is 13.2 Å². The molecule has 1 aromatic rings. The first-order valence-corrected chi connectivity index (χ1v) is 15.6. The number of rotatable bonds is 24. The monoisotopic (exact) mass is 496 g/mol. The van der Waals surface area contributed by atoms with Gasteiger partial charge in [-0.2, -0.15) is 4.57 Å². The maximum absolute atomic E-state index is 6.01. The van der Waals surface area contributed by atoms with Crippen molar-refractivity contribution in [3.05, 3.63) is 17.1 Å². The van der Waals surface area contributed by atoms with E-state index in [9.17, 15) is 0 Å². The summed E-state index contributed by atoms with van der Waals surface area (Å²) in [6.07, 6.45) is 27.9. The molecule has 0 aromatic carbocycles. The van der Waals surface area contributed by atoms with Crippen molar-refractivity contribution in [3.8, 4) is 0 Å². The van der Waals surface area contributed by atoms with Gasteiger partial charge < -0.3 is 14.2 Å². The number of unbranched alkanes of at least 4 members (excludes halogenated alkanes) is 16. The SMILES string of the molecule is CCCCCCCCCCCCCCCCC[C@H]1OC[C@H](COCCCCC[n+]2ccsc2)O1. The summed E-state index contributed by atoms with van der Waals surface area (Å²) in [6.45, 7) is 5.61. The largest absolute Gasteiger partial charge is 0.379 e. The smallest absolute Gasteiger partial charge is 0.224 e. The summed E-state index contributed by atoms with van der Waals surface area (Å²) < 4.78 is 19.9. The minimum atomic E-state index is -0.00166. The van der Waals surface area contributed by atoms with Crippen molar-refractivity contribution in [2.24, 2.45) is 0 Å². The molecule has 198 valence electrons. The fraction of sp³-hybridized carbons (Fsp3) is 0.897. The van der Waals surface area contributed by atoms with Gasteiger partial charge in [0, 0.05) is 13.0 Å². The van der Waals surface area contributed by atoms with Crippen LogP contribution in [0, 0.1) is 0 Å². The van der Waals surface area contributed by atoms with Crippen LogP contribution in [0.25, 0.3) is 0 Å². The molecule has 1 aliphatic rings. The summed E-state index contributed by atoms with van der Waals surface area (Å²) in [5.74, 6) is 0. The molecule has 0 bridgehead atoms. The fourth-order valence-corrected chi connectivity index (χ4v) is 5.34. The lowest BCUT2D eigenvalue weighted by molar-refractivity contribution is -0.692. The van der Waals surface area contributed by atoms with Crippen molar-refractivity contribution in [1.82, 2.24) is 0 Å². The fourth-order valence-electron chi connectivity index (χ4n) is 4.71. The second-order valence-corrected chi connectivity index (χ2v) is 10.9. The van der Waals surface area contributed by atoms with E-state index in [-0.39, 0.29) is 12.4 Å². The van der Waals surface area contributed by atoms with E-state index in [2.05, 4.69) is 28.6 Å². The summed E-state index contributed by atoms with van der Waals surface area (Å²) in [4.78, 5) is 0. The molecule has 34 heavy (non-hydrogen) atoms. The van der Waals surface area contributed by atoms with Crippen LogP contribution in [-0.4, -0.2) is 32.2 Å². The van der Waals surface area contributed by atoms with E-state index in [0.717, 1.165) is 26.0 Å². The van der Waals surface area contributed by atoms with Crippen molar-refractivity contribution < 1.29 is 18.8 Å². The molecule has 0 N–H and O–H groups in total. The average Bonchev–Trinajstić information content (AvgIpc) is 3.53. The highest BCUT2D eigenvalue weighted by atomic mass is 32.1. The first-order valence-electron chi connectivity index (χ1n) is 14.6. The van der Waals surface area contributed by atoms with Gasteiger partial charge in [0.2, 0.25) is 5.51 Å². The van der Waals surface area contributed by atoms with Crippen LogP contribution in [0.4, 0.5) is 0 Å². The van der Waals surface area contributed by atoms with Gasteiger partial charge in [-0.05, 0) is 25.7 Å². The molecule has 4 nitrogen and oxygen atoms in total. The predicted octanol–water partition coefficient (Wildman–Crippen LogP) is 8.23. The third kappa shape index (κ3) is 16.2. The number of ether oxygens (including phenoxy) is 3. The Morgan fingerprint density at radius 1 is 0.794 bits per heavy atom. The van der Waals surface area contributed by atoms with E-state index in [1.54, 1.807) is 11.3 Å². The molecule has 0 spiro atoms. The Labute approximate surface area is 214 Å². The summed E-state index contributed by atoms with van der Waals surface area (Å²) >= 11 is 1.75. The Morgan fingerprint density at radius 2 is 1.41 bits per heavy atom. The molecule has 0 radical (unpaired) electrons. The summed E-state index contributed by atoms with van der Waals surface area (Å²) in [6, 6.07) is 0. The predicted molar refractivity (Wildman–Crippen MR) is 143 cm³/mol. The Morgan fingerprint density at radius 3 is 2.03 bits per heavy atom. The average molecular weight is 497 g/mol. The van der Waals surface area contributed by atoms with Crippen LogP contribution in [0.2, 0.25) is 0 Å². The Kier molecular flexibility index (Phi) is 19.0. The van der Waals surface area contributed by atoms with Gasteiger partial charge in [0.1, 0.15) is 12.6 Å². The molecule has 1 saturated heterocycles. The molecule has 5 heteroatoms. The molecular weight excluding hydrogens is 442 g/mol. The minimum absolute atomic E-state index is 0.00166. The number of hydrogen-bond acceptors (Lipinski definition) is 4.